The molecule has 0 aromatic heterocycles. The number of hydrogen-bond donors (Lipinski definition) is 2. The van der Waals surface area contributed by atoms with Crippen molar-refractivity contribution in [2.75, 3.05) is 25.0 Å². The highest BCUT2D eigenvalue weighted by Crippen LogP contribution is 2.20. The molecule has 0 saturated heterocycles. The van der Waals surface area contributed by atoms with Crippen LogP contribution in [0.25, 0.3) is 0 Å². The van der Waals surface area contributed by atoms with Crippen molar-refractivity contribution in [3.05, 3.63) is 59.2 Å². The van der Waals surface area contributed by atoms with Gasteiger partial charge in [0.1, 0.15) is 0 Å². The van der Waals surface area contributed by atoms with E-state index in [0.29, 0.717) is 24.3 Å². The van der Waals surface area contributed by atoms with Gasteiger partial charge in [-0.15, -0.1) is 0 Å². The van der Waals surface area contributed by atoms with Crippen molar-refractivity contribution in [3.63, 3.8) is 0 Å². The first-order valence-electron chi connectivity index (χ1n) is 8.26. The lowest BCUT2D eigenvalue weighted by atomic mass is 10.1. The van der Waals surface area contributed by atoms with Crippen LogP contribution in [0.2, 0.25) is 0 Å². The number of Topliss-reactive ketones (excluding diaryl/α,β-unsaturated/α-hetero) is 1. The summed E-state index contributed by atoms with van der Waals surface area (Å²) in [5.74, 6) is -0.540. The Hall–Kier alpha value is -2.71. The minimum Gasteiger partial charge on any atom is -0.383 e. The molecule has 7 nitrogen and oxygen atoms in total. The summed E-state index contributed by atoms with van der Waals surface area (Å²) in [6, 6.07) is 10.6. The van der Waals surface area contributed by atoms with Crippen molar-refractivity contribution < 1.29 is 22.7 Å². The number of amides is 1. The SMILES string of the molecule is COCCNC(=O)c1cc(S(=O)(=O)Nc2cccc(C(C)=O)c2)ccc1C. The van der Waals surface area contributed by atoms with Crippen LogP contribution in [0.5, 0.6) is 0 Å². The number of ketones is 1. The van der Waals surface area contributed by atoms with Crippen LogP contribution in [0.4, 0.5) is 5.69 Å². The maximum absolute atomic E-state index is 12.7. The highest BCUT2D eigenvalue weighted by atomic mass is 32.2. The van der Waals surface area contributed by atoms with E-state index in [9.17, 15) is 18.0 Å². The minimum absolute atomic E-state index is 0.0433. The van der Waals surface area contributed by atoms with Gasteiger partial charge in [0.25, 0.3) is 15.9 Å². The van der Waals surface area contributed by atoms with E-state index in [2.05, 4.69) is 10.0 Å². The van der Waals surface area contributed by atoms with E-state index in [1.807, 2.05) is 0 Å². The number of carbonyl (C=O) groups is 2. The molecular weight excluding hydrogens is 368 g/mol. The highest BCUT2D eigenvalue weighted by molar-refractivity contribution is 7.92. The van der Waals surface area contributed by atoms with Gasteiger partial charge < -0.3 is 10.1 Å². The highest BCUT2D eigenvalue weighted by Gasteiger charge is 2.18. The van der Waals surface area contributed by atoms with E-state index < -0.39 is 10.0 Å². The third kappa shape index (κ3) is 5.38. The average Bonchev–Trinajstić information content (AvgIpc) is 2.61. The maximum atomic E-state index is 12.7. The quantitative estimate of drug-likeness (QED) is 0.532. The van der Waals surface area contributed by atoms with Gasteiger partial charge in [-0.1, -0.05) is 18.2 Å². The molecule has 0 bridgehead atoms. The van der Waals surface area contributed by atoms with Crippen LogP contribution in [0.15, 0.2) is 47.4 Å². The summed E-state index contributed by atoms with van der Waals surface area (Å²) < 4.78 is 32.7. The molecule has 0 fully saturated rings. The average molecular weight is 390 g/mol. The van der Waals surface area contributed by atoms with E-state index >= 15 is 0 Å². The normalized spacial score (nSPS) is 11.1. The van der Waals surface area contributed by atoms with Crippen LogP contribution in [0.3, 0.4) is 0 Å². The van der Waals surface area contributed by atoms with Gasteiger partial charge >= 0.3 is 0 Å². The molecule has 144 valence electrons. The van der Waals surface area contributed by atoms with Crippen LogP contribution in [-0.2, 0) is 14.8 Å². The largest absolute Gasteiger partial charge is 0.383 e. The summed E-state index contributed by atoms with van der Waals surface area (Å²) in [5.41, 5.74) is 1.60. The molecule has 0 aliphatic carbocycles. The van der Waals surface area contributed by atoms with Crippen LogP contribution in [-0.4, -0.2) is 40.4 Å². The molecule has 0 aliphatic heterocycles. The van der Waals surface area contributed by atoms with Gasteiger partial charge in [0.2, 0.25) is 0 Å². The molecule has 0 atom stereocenters. The van der Waals surface area contributed by atoms with Crippen molar-refractivity contribution in [2.24, 2.45) is 0 Å². The fourth-order valence-corrected chi connectivity index (χ4v) is 3.47. The van der Waals surface area contributed by atoms with Gasteiger partial charge in [0, 0.05) is 30.5 Å². The molecule has 0 aliphatic rings. The molecule has 0 heterocycles. The van der Waals surface area contributed by atoms with Crippen LogP contribution in [0.1, 0.15) is 33.2 Å². The molecule has 27 heavy (non-hydrogen) atoms. The van der Waals surface area contributed by atoms with Crippen LogP contribution in [0, 0.1) is 6.92 Å². The predicted molar refractivity (Wildman–Crippen MR) is 103 cm³/mol. The molecule has 0 spiro atoms. The van der Waals surface area contributed by atoms with E-state index in [-0.39, 0.29) is 27.8 Å². The minimum atomic E-state index is -3.92. The van der Waals surface area contributed by atoms with Gasteiger partial charge in [-0.25, -0.2) is 8.42 Å². The van der Waals surface area contributed by atoms with Crippen LogP contribution >= 0.6 is 0 Å². The second-order valence-electron chi connectivity index (χ2n) is 5.97. The molecule has 2 aromatic carbocycles. The van der Waals surface area contributed by atoms with Crippen molar-refractivity contribution in [1.82, 2.24) is 5.32 Å². The maximum Gasteiger partial charge on any atom is 0.261 e. The van der Waals surface area contributed by atoms with E-state index in [0.717, 1.165) is 0 Å². The predicted octanol–water partition coefficient (Wildman–Crippen LogP) is 2.37. The van der Waals surface area contributed by atoms with Crippen LogP contribution < -0.4 is 10.0 Å². The molecule has 0 unspecified atom stereocenters. The topological polar surface area (TPSA) is 102 Å². The Morgan fingerprint density at radius 1 is 1.11 bits per heavy atom. The van der Waals surface area contributed by atoms with E-state index in [1.54, 1.807) is 31.2 Å². The number of benzene rings is 2. The lowest BCUT2D eigenvalue weighted by Crippen LogP contribution is -2.28. The molecule has 1 amide bonds. The Labute approximate surface area is 158 Å². The fourth-order valence-electron chi connectivity index (χ4n) is 2.39. The van der Waals surface area contributed by atoms with Gasteiger partial charge in [-0.3, -0.25) is 14.3 Å². The van der Waals surface area contributed by atoms with E-state index in [1.165, 1.54) is 32.2 Å². The number of rotatable bonds is 8. The third-order valence-corrected chi connectivity index (χ3v) is 5.26. The summed E-state index contributed by atoms with van der Waals surface area (Å²) in [6.07, 6.45) is 0. The smallest absolute Gasteiger partial charge is 0.261 e. The standard InChI is InChI=1S/C19H22N2O5S/c1-13-7-8-17(12-18(13)19(23)20-9-10-26-3)27(24,25)21-16-6-4-5-15(11-16)14(2)22/h4-8,11-12,21H,9-10H2,1-3H3,(H,20,23). The molecule has 2 aromatic rings. The Morgan fingerprint density at radius 2 is 1.85 bits per heavy atom. The molecule has 2 rings (SSSR count). The summed E-state index contributed by atoms with van der Waals surface area (Å²) in [4.78, 5) is 23.7. The van der Waals surface area contributed by atoms with Gasteiger partial charge in [-0.2, -0.15) is 0 Å². The molecule has 2 N–H and O–H groups in total. The lowest BCUT2D eigenvalue weighted by Gasteiger charge is -2.12. The zero-order valence-electron chi connectivity index (χ0n) is 15.4. The zero-order valence-corrected chi connectivity index (χ0v) is 16.2. The van der Waals surface area contributed by atoms with Gasteiger partial charge in [-0.05, 0) is 43.7 Å². The number of nitrogens with one attached hydrogen (secondary N) is 2. The summed E-state index contributed by atoms with van der Waals surface area (Å²) >= 11 is 0. The number of carbonyl (C=O) groups excluding carboxylic acids is 2. The van der Waals surface area contributed by atoms with Crippen molar-refractivity contribution in [3.8, 4) is 0 Å². The number of hydrogen-bond acceptors (Lipinski definition) is 5. The molecule has 8 heteroatoms. The second-order valence-corrected chi connectivity index (χ2v) is 7.65. The van der Waals surface area contributed by atoms with E-state index in [4.69, 9.17) is 4.74 Å². The number of aryl methyl sites for hydroxylation is 1. The second kappa shape index (κ2) is 8.79. The molecule has 0 radical (unpaired) electrons. The first-order valence-corrected chi connectivity index (χ1v) is 9.74. The Kier molecular flexibility index (Phi) is 6.70. The summed E-state index contributed by atoms with van der Waals surface area (Å²) in [7, 11) is -2.39. The number of ether oxygens (including phenoxy) is 1. The fraction of sp³-hybridized carbons (Fsp3) is 0.263. The number of sulfonamides is 1. The lowest BCUT2D eigenvalue weighted by molar-refractivity contribution is 0.0935. The summed E-state index contributed by atoms with van der Waals surface area (Å²) in [6.45, 7) is 3.81. The molecular formula is C19H22N2O5S. The Morgan fingerprint density at radius 3 is 2.52 bits per heavy atom. The Balaban J connectivity index is 2.28. The van der Waals surface area contributed by atoms with Gasteiger partial charge in [0.05, 0.1) is 11.5 Å². The zero-order chi connectivity index (χ0) is 20.0. The first-order chi connectivity index (χ1) is 12.7. The number of anilines is 1. The third-order valence-electron chi connectivity index (χ3n) is 3.88. The van der Waals surface area contributed by atoms with Gasteiger partial charge in [0.15, 0.2) is 5.78 Å². The van der Waals surface area contributed by atoms with Crippen molar-refractivity contribution >= 4 is 27.4 Å². The number of methoxy groups -OCH3 is 1. The van der Waals surface area contributed by atoms with Crippen molar-refractivity contribution in [2.45, 2.75) is 18.7 Å². The Bertz CT molecular complexity index is 954. The monoisotopic (exact) mass is 390 g/mol. The summed E-state index contributed by atoms with van der Waals surface area (Å²) in [5, 5.41) is 2.67. The first kappa shape index (κ1) is 20.6. The van der Waals surface area contributed by atoms with Crippen molar-refractivity contribution in [1.29, 1.82) is 0 Å². The molecule has 0 saturated carbocycles.